The maximum Gasteiger partial charge on any atom is 0.305 e. The molecule has 0 unspecified atom stereocenters. The van der Waals surface area contributed by atoms with Crippen molar-refractivity contribution in [3.63, 3.8) is 0 Å². The van der Waals surface area contributed by atoms with Gasteiger partial charge in [-0.3, -0.25) is 9.59 Å². The van der Waals surface area contributed by atoms with E-state index < -0.39 is 11.9 Å². The minimum Gasteiger partial charge on any atom is -0.481 e. The number of hydrogen-bond acceptors (Lipinski definition) is 2. The van der Waals surface area contributed by atoms with Crippen molar-refractivity contribution in [1.29, 1.82) is 0 Å². The Kier molecular flexibility index (Phi) is 4.06. The van der Waals surface area contributed by atoms with Crippen LogP contribution in [0, 0.1) is 5.92 Å². The number of hydrogen-bond donors (Lipinski definition) is 1. The lowest BCUT2D eigenvalue weighted by Crippen LogP contribution is -2.41. The second-order valence-corrected chi connectivity index (χ2v) is 5.54. The number of rotatable bonds is 5. The molecule has 1 N–H and O–H groups in total. The lowest BCUT2D eigenvalue weighted by atomic mass is 9.86. The van der Waals surface area contributed by atoms with Crippen molar-refractivity contribution >= 4 is 11.9 Å². The van der Waals surface area contributed by atoms with Crippen LogP contribution < -0.4 is 0 Å². The molecule has 1 amide bonds. The summed E-state index contributed by atoms with van der Waals surface area (Å²) in [7, 11) is 0. The highest BCUT2D eigenvalue weighted by molar-refractivity contribution is 5.80. The van der Waals surface area contributed by atoms with E-state index in [2.05, 4.69) is 0 Å². The van der Waals surface area contributed by atoms with Gasteiger partial charge in [0.15, 0.2) is 0 Å². The highest BCUT2D eigenvalue weighted by atomic mass is 19.3. The zero-order valence-electron chi connectivity index (χ0n) is 10.8. The summed E-state index contributed by atoms with van der Waals surface area (Å²) in [6.45, 7) is 0.200. The predicted molar refractivity (Wildman–Crippen MR) is 63.9 cm³/mol. The van der Waals surface area contributed by atoms with E-state index in [-0.39, 0.29) is 56.5 Å². The Labute approximate surface area is 110 Å². The zero-order chi connectivity index (χ0) is 14.0. The fourth-order valence-corrected chi connectivity index (χ4v) is 2.60. The van der Waals surface area contributed by atoms with E-state index >= 15 is 0 Å². The first-order valence-corrected chi connectivity index (χ1v) is 6.79. The standard InChI is InChI=1S/C13H19F2NO3/c14-13(15)6-3-9(4-7-13)12(19)16(10-1-2-10)8-5-11(17)18/h9-10H,1-8H2,(H,17,18). The molecule has 19 heavy (non-hydrogen) atoms. The maximum absolute atomic E-state index is 13.1. The maximum atomic E-state index is 13.1. The third-order valence-electron chi connectivity index (χ3n) is 3.90. The van der Waals surface area contributed by atoms with Gasteiger partial charge in [-0.15, -0.1) is 0 Å². The third-order valence-corrected chi connectivity index (χ3v) is 3.90. The Bertz CT molecular complexity index is 359. The first-order valence-electron chi connectivity index (χ1n) is 6.79. The third kappa shape index (κ3) is 3.88. The van der Waals surface area contributed by atoms with Crippen LogP contribution in [-0.2, 0) is 9.59 Å². The monoisotopic (exact) mass is 275 g/mol. The quantitative estimate of drug-likeness (QED) is 0.837. The van der Waals surface area contributed by atoms with Gasteiger partial charge in [-0.25, -0.2) is 8.78 Å². The SMILES string of the molecule is O=C(O)CCN(C(=O)C1CCC(F)(F)CC1)C1CC1. The van der Waals surface area contributed by atoms with E-state index in [1.54, 1.807) is 4.90 Å². The normalized spacial score (nSPS) is 23.1. The van der Waals surface area contributed by atoms with Gasteiger partial charge in [0, 0.05) is 31.3 Å². The molecule has 0 aromatic heterocycles. The van der Waals surface area contributed by atoms with E-state index in [0.29, 0.717) is 0 Å². The molecule has 0 saturated heterocycles. The minimum absolute atomic E-state index is 0.0783. The summed E-state index contributed by atoms with van der Waals surface area (Å²) in [4.78, 5) is 24.5. The van der Waals surface area contributed by atoms with Gasteiger partial charge in [0.25, 0.3) is 0 Å². The summed E-state index contributed by atoms with van der Waals surface area (Å²) in [6, 6.07) is 0.134. The molecule has 0 aromatic carbocycles. The Morgan fingerprint density at radius 2 is 1.74 bits per heavy atom. The molecule has 0 radical (unpaired) electrons. The van der Waals surface area contributed by atoms with Crippen molar-refractivity contribution in [2.45, 2.75) is 56.9 Å². The fraction of sp³-hybridized carbons (Fsp3) is 0.846. The van der Waals surface area contributed by atoms with Crippen LogP contribution in [0.4, 0.5) is 8.78 Å². The molecule has 2 fully saturated rings. The first-order chi connectivity index (χ1) is 8.89. The van der Waals surface area contributed by atoms with Crippen molar-refractivity contribution in [2.24, 2.45) is 5.92 Å². The molecule has 0 atom stereocenters. The summed E-state index contributed by atoms with van der Waals surface area (Å²) in [6.07, 6.45) is 1.67. The molecule has 0 aromatic rings. The van der Waals surface area contributed by atoms with Crippen molar-refractivity contribution in [3.8, 4) is 0 Å². The van der Waals surface area contributed by atoms with Gasteiger partial charge in [0.2, 0.25) is 11.8 Å². The molecular weight excluding hydrogens is 256 g/mol. The van der Waals surface area contributed by atoms with Crippen molar-refractivity contribution in [1.82, 2.24) is 4.90 Å². The largest absolute Gasteiger partial charge is 0.481 e. The smallest absolute Gasteiger partial charge is 0.305 e. The lowest BCUT2D eigenvalue weighted by molar-refractivity contribution is -0.142. The van der Waals surface area contributed by atoms with Crippen LogP contribution in [0.3, 0.4) is 0 Å². The molecule has 2 rings (SSSR count). The van der Waals surface area contributed by atoms with E-state index in [4.69, 9.17) is 5.11 Å². The molecule has 0 spiro atoms. The number of aliphatic carboxylic acids is 1. The Morgan fingerprint density at radius 3 is 2.21 bits per heavy atom. The van der Waals surface area contributed by atoms with E-state index in [0.717, 1.165) is 12.8 Å². The summed E-state index contributed by atoms with van der Waals surface area (Å²) >= 11 is 0. The summed E-state index contributed by atoms with van der Waals surface area (Å²) in [5.74, 6) is -4.05. The highest BCUT2D eigenvalue weighted by Gasteiger charge is 2.41. The minimum atomic E-state index is -2.64. The molecule has 4 nitrogen and oxygen atoms in total. The predicted octanol–water partition coefficient (Wildman–Crippen LogP) is 2.28. The van der Waals surface area contributed by atoms with E-state index in [9.17, 15) is 18.4 Å². The van der Waals surface area contributed by atoms with Gasteiger partial charge < -0.3 is 10.0 Å². The summed E-state index contributed by atoms with van der Waals surface area (Å²) < 4.78 is 26.1. The number of carbonyl (C=O) groups excluding carboxylic acids is 1. The van der Waals surface area contributed by atoms with Gasteiger partial charge in [-0.2, -0.15) is 0 Å². The molecule has 108 valence electrons. The number of amides is 1. The number of carbonyl (C=O) groups is 2. The first kappa shape index (κ1) is 14.2. The lowest BCUT2D eigenvalue weighted by Gasteiger charge is -2.32. The van der Waals surface area contributed by atoms with Crippen LogP contribution in [0.25, 0.3) is 0 Å². The molecule has 0 heterocycles. The fourth-order valence-electron chi connectivity index (χ4n) is 2.60. The average Bonchev–Trinajstić information content (AvgIpc) is 3.13. The van der Waals surface area contributed by atoms with Crippen LogP contribution in [0.5, 0.6) is 0 Å². The number of carboxylic acids is 1. The molecule has 2 aliphatic rings. The van der Waals surface area contributed by atoms with Gasteiger partial charge in [0.1, 0.15) is 0 Å². The van der Waals surface area contributed by atoms with E-state index in [1.165, 1.54) is 0 Å². The molecule has 6 heteroatoms. The van der Waals surface area contributed by atoms with E-state index in [1.807, 2.05) is 0 Å². The molecule has 0 bridgehead atoms. The summed E-state index contributed by atoms with van der Waals surface area (Å²) in [5, 5.41) is 8.69. The van der Waals surface area contributed by atoms with Crippen LogP contribution in [0.2, 0.25) is 0 Å². The molecule has 2 saturated carbocycles. The molecule has 2 aliphatic carbocycles. The van der Waals surface area contributed by atoms with Crippen molar-refractivity contribution < 1.29 is 23.5 Å². The van der Waals surface area contributed by atoms with Crippen LogP contribution in [0.1, 0.15) is 44.9 Å². The Hall–Kier alpha value is -1.20. The average molecular weight is 275 g/mol. The Balaban J connectivity index is 1.90. The number of nitrogens with zero attached hydrogens (tertiary/aromatic N) is 1. The number of alkyl halides is 2. The second-order valence-electron chi connectivity index (χ2n) is 5.54. The number of halogens is 2. The topological polar surface area (TPSA) is 57.6 Å². The van der Waals surface area contributed by atoms with Crippen LogP contribution in [0.15, 0.2) is 0 Å². The van der Waals surface area contributed by atoms with Gasteiger partial charge in [-0.05, 0) is 25.7 Å². The molecule has 0 aliphatic heterocycles. The van der Waals surface area contributed by atoms with Crippen molar-refractivity contribution in [2.75, 3.05) is 6.54 Å². The summed E-state index contributed by atoms with van der Waals surface area (Å²) in [5.41, 5.74) is 0. The van der Waals surface area contributed by atoms with Crippen LogP contribution >= 0.6 is 0 Å². The second kappa shape index (κ2) is 5.43. The highest BCUT2D eigenvalue weighted by Crippen LogP contribution is 2.38. The number of carboxylic acid groups (broad SMARTS) is 1. The molecular formula is C13H19F2NO3. The van der Waals surface area contributed by atoms with Gasteiger partial charge >= 0.3 is 5.97 Å². The van der Waals surface area contributed by atoms with Gasteiger partial charge in [-0.1, -0.05) is 0 Å². The zero-order valence-corrected chi connectivity index (χ0v) is 10.8. The van der Waals surface area contributed by atoms with Crippen molar-refractivity contribution in [3.05, 3.63) is 0 Å². The van der Waals surface area contributed by atoms with Gasteiger partial charge in [0.05, 0.1) is 6.42 Å². The Morgan fingerprint density at radius 1 is 1.16 bits per heavy atom. The van der Waals surface area contributed by atoms with Crippen LogP contribution in [-0.4, -0.2) is 40.4 Å².